The molecule has 49 heavy (non-hydrogen) atoms. The lowest BCUT2D eigenvalue weighted by molar-refractivity contribution is -0.207. The second-order valence-electron chi connectivity index (χ2n) is 13.3. The van der Waals surface area contributed by atoms with Gasteiger partial charge in [-0.25, -0.2) is 4.79 Å². The Kier molecular flexibility index (Phi) is 11.4. The van der Waals surface area contributed by atoms with Crippen molar-refractivity contribution in [3.63, 3.8) is 0 Å². The number of carbonyl (C=O) groups is 3. The lowest BCUT2D eigenvalue weighted by atomic mass is 9.57. The predicted molar refractivity (Wildman–Crippen MR) is 183 cm³/mol. The number of rotatable bonds is 16. The van der Waals surface area contributed by atoms with Gasteiger partial charge in [-0.3, -0.25) is 19.9 Å². The third-order valence-electron chi connectivity index (χ3n) is 10.0. The number of hydrazone groups is 1. The Morgan fingerprint density at radius 2 is 1.49 bits per heavy atom. The van der Waals surface area contributed by atoms with Crippen LogP contribution in [0, 0.1) is 23.7 Å². The van der Waals surface area contributed by atoms with Crippen LogP contribution >= 0.6 is 0 Å². The van der Waals surface area contributed by atoms with E-state index in [1.54, 1.807) is 6.07 Å². The molecule has 2 bridgehead atoms. The summed E-state index contributed by atoms with van der Waals surface area (Å²) >= 11 is 0. The van der Waals surface area contributed by atoms with E-state index in [-0.39, 0.29) is 30.3 Å². The summed E-state index contributed by atoms with van der Waals surface area (Å²) in [7, 11) is 1.51. The molecule has 0 radical (unpaired) electrons. The minimum absolute atomic E-state index is 0.0558. The summed E-state index contributed by atoms with van der Waals surface area (Å²) in [6.07, 6.45) is 1.82. The molecule has 0 saturated heterocycles. The van der Waals surface area contributed by atoms with Crippen LogP contribution in [0.3, 0.4) is 0 Å². The Bertz CT molecular complexity index is 1600. The summed E-state index contributed by atoms with van der Waals surface area (Å²) in [6, 6.07) is 24.7. The summed E-state index contributed by atoms with van der Waals surface area (Å²) in [5.74, 6) is -6.90. The number of carboxylic acid groups (broad SMARTS) is 3. The number of hydrogen-bond donors (Lipinski definition) is 5. The highest BCUT2D eigenvalue weighted by atomic mass is 16.7. The number of carboxylic acids is 3. The van der Waals surface area contributed by atoms with E-state index in [2.05, 4.69) is 10.9 Å². The molecule has 260 valence electrons. The van der Waals surface area contributed by atoms with Crippen LogP contribution in [-0.4, -0.2) is 51.7 Å². The quantitative estimate of drug-likeness (QED) is 0.114. The number of fused-ring (bicyclic) bond motifs is 3. The van der Waals surface area contributed by atoms with Crippen molar-refractivity contribution in [1.82, 2.24) is 10.9 Å². The van der Waals surface area contributed by atoms with Crippen molar-refractivity contribution in [3.8, 4) is 5.75 Å². The number of benzene rings is 3. The molecular weight excluding hydrogens is 626 g/mol. The monoisotopic (exact) mass is 671 g/mol. The Morgan fingerprint density at radius 1 is 0.878 bits per heavy atom. The fourth-order valence-electron chi connectivity index (χ4n) is 7.54. The molecule has 0 heterocycles. The molecule has 5 N–H and O–H groups in total. The van der Waals surface area contributed by atoms with Crippen LogP contribution in [0.15, 0.2) is 84.0 Å². The first kappa shape index (κ1) is 35.6. The molecule has 0 aromatic heterocycles. The third kappa shape index (κ3) is 7.79. The molecule has 0 aliphatic heterocycles. The lowest BCUT2D eigenvalue weighted by Crippen LogP contribution is -2.61. The van der Waals surface area contributed by atoms with Gasteiger partial charge >= 0.3 is 17.9 Å². The van der Waals surface area contributed by atoms with Gasteiger partial charge in [0.05, 0.1) is 19.6 Å². The van der Waals surface area contributed by atoms with Gasteiger partial charge < -0.3 is 20.1 Å². The van der Waals surface area contributed by atoms with Gasteiger partial charge in [0.25, 0.3) is 0 Å². The Hall–Kier alpha value is -4.74. The maximum Gasteiger partial charge on any atom is 0.339 e. The second kappa shape index (κ2) is 15.7. The lowest BCUT2D eigenvalue weighted by Gasteiger charge is -2.48. The van der Waals surface area contributed by atoms with E-state index in [9.17, 15) is 29.7 Å². The van der Waals surface area contributed by atoms with Crippen LogP contribution in [0.2, 0.25) is 0 Å². The third-order valence-corrected chi connectivity index (χ3v) is 10.0. The van der Waals surface area contributed by atoms with Gasteiger partial charge in [-0.2, -0.15) is 10.6 Å². The average molecular weight is 672 g/mol. The van der Waals surface area contributed by atoms with Gasteiger partial charge in [0.15, 0.2) is 0 Å². The number of aliphatic carboxylic acids is 3. The van der Waals surface area contributed by atoms with Gasteiger partial charge in [0.1, 0.15) is 11.7 Å². The highest BCUT2D eigenvalue weighted by Gasteiger charge is 2.61. The first-order chi connectivity index (χ1) is 23.6. The summed E-state index contributed by atoms with van der Waals surface area (Å²) in [5.41, 5.74) is 7.37. The minimum atomic E-state index is -2.66. The van der Waals surface area contributed by atoms with Crippen LogP contribution in [0.4, 0.5) is 0 Å². The van der Waals surface area contributed by atoms with E-state index in [0.29, 0.717) is 29.9 Å². The first-order valence-corrected chi connectivity index (χ1v) is 16.7. The van der Waals surface area contributed by atoms with Crippen molar-refractivity contribution < 1.29 is 39.3 Å². The van der Waals surface area contributed by atoms with Crippen molar-refractivity contribution in [2.75, 3.05) is 7.11 Å². The summed E-state index contributed by atoms with van der Waals surface area (Å²) in [5, 5.41) is 36.5. The average Bonchev–Trinajstić information content (AvgIpc) is 3.09. The summed E-state index contributed by atoms with van der Waals surface area (Å²) in [4.78, 5) is 44.7. The molecule has 3 unspecified atom stereocenters. The molecule has 3 aliphatic rings. The van der Waals surface area contributed by atoms with Gasteiger partial charge in [-0.15, -0.1) is 0 Å². The summed E-state index contributed by atoms with van der Waals surface area (Å²) in [6.45, 7) is 4.01. The number of hydroxylamine groups is 1. The van der Waals surface area contributed by atoms with E-state index in [4.69, 9.17) is 14.7 Å². The number of nitrogens with one attached hydrogen (secondary N) is 2. The number of methoxy groups -OCH3 is 1. The Morgan fingerprint density at radius 3 is 2.00 bits per heavy atom. The highest BCUT2D eigenvalue weighted by Crippen LogP contribution is 2.50. The zero-order valence-corrected chi connectivity index (χ0v) is 28.0. The zero-order valence-electron chi connectivity index (χ0n) is 28.0. The number of hydrogen-bond acceptors (Lipinski definition) is 8. The van der Waals surface area contributed by atoms with E-state index in [1.165, 1.54) is 7.11 Å². The van der Waals surface area contributed by atoms with Gasteiger partial charge in [-0.05, 0) is 66.2 Å². The molecule has 3 saturated carbocycles. The molecule has 3 atom stereocenters. The Labute approximate surface area is 286 Å². The van der Waals surface area contributed by atoms with Gasteiger partial charge in [0.2, 0.25) is 5.60 Å². The zero-order chi connectivity index (χ0) is 35.1. The highest BCUT2D eigenvalue weighted by molar-refractivity contribution is 5.98. The molecule has 3 aromatic rings. The van der Waals surface area contributed by atoms with Crippen molar-refractivity contribution in [2.24, 2.45) is 28.8 Å². The molecule has 0 amide bonds. The maximum atomic E-state index is 13.3. The van der Waals surface area contributed by atoms with Crippen molar-refractivity contribution >= 4 is 23.6 Å². The fraction of sp³-hybridized carbons (Fsp3) is 0.421. The molecule has 0 spiro atoms. The fourth-order valence-corrected chi connectivity index (χ4v) is 7.54. The molecule has 6 rings (SSSR count). The van der Waals surface area contributed by atoms with Crippen LogP contribution in [0.1, 0.15) is 80.2 Å². The normalized spacial score (nSPS) is 21.3. The van der Waals surface area contributed by atoms with Crippen LogP contribution in [0.25, 0.3) is 0 Å². The second-order valence-corrected chi connectivity index (χ2v) is 13.3. The van der Waals surface area contributed by atoms with Crippen molar-refractivity contribution in [1.29, 1.82) is 0 Å². The van der Waals surface area contributed by atoms with E-state index in [1.807, 2.05) is 86.6 Å². The maximum absolute atomic E-state index is 13.3. The van der Waals surface area contributed by atoms with E-state index < -0.39 is 41.8 Å². The molecule has 11 heteroatoms. The predicted octanol–water partition coefficient (Wildman–Crippen LogP) is 6.01. The van der Waals surface area contributed by atoms with Gasteiger partial charge in [-0.1, -0.05) is 86.6 Å². The van der Waals surface area contributed by atoms with Crippen molar-refractivity contribution in [2.45, 2.75) is 70.1 Å². The molecular formula is C38H45N3O8. The smallest absolute Gasteiger partial charge is 0.339 e. The Balaban J connectivity index is 1.53. The minimum Gasteiger partial charge on any atom is -0.496 e. The van der Waals surface area contributed by atoms with E-state index >= 15 is 0 Å². The van der Waals surface area contributed by atoms with Crippen LogP contribution in [0.5, 0.6) is 5.75 Å². The van der Waals surface area contributed by atoms with Crippen LogP contribution in [-0.2, 0) is 25.8 Å². The van der Waals surface area contributed by atoms with Crippen molar-refractivity contribution in [3.05, 3.63) is 101 Å². The SMILES string of the molecule is COc1ccc(C(C)C)cc1CNOC(CC(=O)O)(C(=O)O)C(C(=O)O)C1C(=NNC(c2ccccc2)c2ccccc2)C2CCC1CC2. The molecule has 3 fully saturated rings. The molecule has 3 aliphatic carbocycles. The first-order valence-electron chi connectivity index (χ1n) is 16.7. The number of nitrogens with zero attached hydrogens (tertiary/aromatic N) is 1. The topological polar surface area (TPSA) is 167 Å². The van der Waals surface area contributed by atoms with E-state index in [0.717, 1.165) is 29.5 Å². The summed E-state index contributed by atoms with van der Waals surface area (Å²) < 4.78 is 5.49. The van der Waals surface area contributed by atoms with Gasteiger partial charge in [0, 0.05) is 23.7 Å². The number of ether oxygens (including phenoxy) is 1. The largest absolute Gasteiger partial charge is 0.496 e. The standard InChI is InChI=1S/C38H45N3O8/c1-23(2)28-18-19-30(48-3)29(20-28)22-39-49-38(37(46)47,21-31(42)43)33(36(44)45)32-24-14-16-27(17-15-24)35(32)41-40-34(25-10-6-4-7-11-25)26-12-8-5-9-13-26/h4-13,18-20,23-24,27,32-34,39-40H,14-17,21-22H2,1-3H3,(H,42,43)(H,44,45)(H,46,47). The molecule has 11 nitrogen and oxygen atoms in total. The molecule has 3 aromatic carbocycles. The van der Waals surface area contributed by atoms with Crippen LogP contribution < -0.4 is 15.6 Å².